The molecular formula is C37H44O5Si. The number of methoxy groups -OCH3 is 1. The van der Waals surface area contributed by atoms with Gasteiger partial charge in [-0.1, -0.05) is 132 Å². The first-order valence-electron chi connectivity index (χ1n) is 15.2. The highest BCUT2D eigenvalue weighted by molar-refractivity contribution is 6.87. The summed E-state index contributed by atoms with van der Waals surface area (Å²) in [5.41, 5.74) is 0.810. The van der Waals surface area contributed by atoms with Crippen LogP contribution in [0.3, 0.4) is 0 Å². The molecule has 0 spiro atoms. The van der Waals surface area contributed by atoms with E-state index in [1.165, 1.54) is 10.4 Å². The maximum Gasteiger partial charge on any atom is 0.185 e. The quantitative estimate of drug-likeness (QED) is 0.197. The average molecular weight is 597 g/mol. The Morgan fingerprint density at radius 1 is 0.698 bits per heavy atom. The summed E-state index contributed by atoms with van der Waals surface area (Å²) < 4.78 is 33.9. The third-order valence-electron chi connectivity index (χ3n) is 7.85. The highest BCUT2D eigenvalue weighted by Gasteiger charge is 2.58. The van der Waals surface area contributed by atoms with E-state index < -0.39 is 20.3 Å². The lowest BCUT2D eigenvalue weighted by Gasteiger charge is -2.52. The van der Waals surface area contributed by atoms with Gasteiger partial charge in [0, 0.05) is 13.5 Å². The van der Waals surface area contributed by atoms with Crippen LogP contribution < -0.4 is 10.4 Å². The molecule has 6 heteroatoms. The molecule has 5 nitrogen and oxygen atoms in total. The fourth-order valence-electron chi connectivity index (χ4n) is 5.84. The summed E-state index contributed by atoms with van der Waals surface area (Å²) in [5.74, 6) is 0. The average Bonchev–Trinajstić information content (AvgIpc) is 3.04. The first-order valence-corrected chi connectivity index (χ1v) is 16.9. The minimum atomic E-state index is -2.30. The predicted molar refractivity (Wildman–Crippen MR) is 174 cm³/mol. The van der Waals surface area contributed by atoms with Crippen LogP contribution in [0.15, 0.2) is 121 Å². The van der Waals surface area contributed by atoms with Gasteiger partial charge in [-0.3, -0.25) is 0 Å². The van der Waals surface area contributed by atoms with Gasteiger partial charge >= 0.3 is 0 Å². The van der Waals surface area contributed by atoms with Gasteiger partial charge in [0.05, 0.1) is 37.6 Å². The fraction of sp³-hybridized carbons (Fsp3) is 0.351. The summed E-state index contributed by atoms with van der Waals surface area (Å²) in [4.78, 5) is 0. The van der Waals surface area contributed by atoms with Crippen LogP contribution in [0.1, 0.15) is 38.3 Å². The van der Waals surface area contributed by atoms with Crippen LogP contribution in [0.5, 0.6) is 0 Å². The second-order valence-electron chi connectivity index (χ2n) is 12.1. The lowest BCUT2D eigenvalue weighted by atomic mass is 10.0. The SMILES string of the molecule is CO[C@]1([SiH](c2ccccc2)c2ccccc2)O[C@H](COC(C)(C)C)C[C@H](OCc2ccccc2)[C@H]1OCc1ccccc1. The van der Waals surface area contributed by atoms with Crippen molar-refractivity contribution in [3.05, 3.63) is 132 Å². The molecule has 226 valence electrons. The van der Waals surface area contributed by atoms with Crippen LogP contribution in [-0.2, 0) is 36.9 Å². The molecule has 0 aliphatic carbocycles. The highest BCUT2D eigenvalue weighted by atomic mass is 28.3. The molecule has 0 unspecified atom stereocenters. The number of rotatable bonds is 12. The number of hydrogen-bond donors (Lipinski definition) is 0. The Morgan fingerprint density at radius 2 is 1.16 bits per heavy atom. The van der Waals surface area contributed by atoms with E-state index in [0.717, 1.165) is 11.1 Å². The van der Waals surface area contributed by atoms with Gasteiger partial charge in [-0.2, -0.15) is 0 Å². The molecule has 1 saturated heterocycles. The topological polar surface area (TPSA) is 46.2 Å². The van der Waals surface area contributed by atoms with Gasteiger partial charge in [0.25, 0.3) is 0 Å². The summed E-state index contributed by atoms with van der Waals surface area (Å²) >= 11 is 0. The zero-order chi connectivity index (χ0) is 30.1. The van der Waals surface area contributed by atoms with Crippen molar-refractivity contribution in [2.45, 2.75) is 69.7 Å². The van der Waals surface area contributed by atoms with Crippen molar-refractivity contribution < 1.29 is 23.7 Å². The Labute approximate surface area is 258 Å². The lowest BCUT2D eigenvalue weighted by Crippen LogP contribution is -2.74. The molecular weight excluding hydrogens is 552 g/mol. The Morgan fingerprint density at radius 3 is 1.63 bits per heavy atom. The first kappa shape index (κ1) is 31.3. The molecule has 43 heavy (non-hydrogen) atoms. The maximum atomic E-state index is 7.18. The van der Waals surface area contributed by atoms with Crippen molar-refractivity contribution in [2.75, 3.05) is 13.7 Å². The molecule has 1 aliphatic rings. The minimum Gasteiger partial charge on any atom is -0.373 e. The van der Waals surface area contributed by atoms with E-state index in [1.54, 1.807) is 7.11 Å². The molecule has 5 rings (SSSR count). The van der Waals surface area contributed by atoms with Crippen LogP contribution in [0, 0.1) is 0 Å². The third-order valence-corrected chi connectivity index (χ3v) is 11.5. The Kier molecular flexibility index (Phi) is 10.6. The van der Waals surface area contributed by atoms with E-state index in [4.69, 9.17) is 23.7 Å². The van der Waals surface area contributed by atoms with Crippen LogP contribution in [0.25, 0.3) is 0 Å². The normalized spacial score (nSPS) is 22.5. The van der Waals surface area contributed by atoms with Gasteiger partial charge < -0.3 is 23.7 Å². The van der Waals surface area contributed by atoms with Crippen molar-refractivity contribution >= 4 is 19.2 Å². The zero-order valence-electron chi connectivity index (χ0n) is 25.7. The van der Waals surface area contributed by atoms with Crippen molar-refractivity contribution in [3.63, 3.8) is 0 Å². The molecule has 0 bridgehead atoms. The van der Waals surface area contributed by atoms with Crippen LogP contribution >= 0.6 is 0 Å². The van der Waals surface area contributed by atoms with E-state index in [-0.39, 0.29) is 17.8 Å². The van der Waals surface area contributed by atoms with E-state index >= 15 is 0 Å². The molecule has 0 amide bonds. The van der Waals surface area contributed by atoms with E-state index in [1.807, 2.05) is 36.4 Å². The predicted octanol–water partition coefficient (Wildman–Crippen LogP) is 5.68. The minimum absolute atomic E-state index is 0.251. The summed E-state index contributed by atoms with van der Waals surface area (Å²) in [6.45, 7) is 7.52. The Balaban J connectivity index is 1.60. The van der Waals surface area contributed by atoms with Gasteiger partial charge in [-0.25, -0.2) is 0 Å². The second kappa shape index (κ2) is 14.6. The smallest absolute Gasteiger partial charge is 0.185 e. The summed E-state index contributed by atoms with van der Waals surface area (Å²) in [5, 5.41) is 2.42. The zero-order valence-corrected chi connectivity index (χ0v) is 26.9. The molecule has 0 N–H and O–H groups in total. The van der Waals surface area contributed by atoms with Crippen LogP contribution in [-0.4, -0.2) is 51.8 Å². The monoisotopic (exact) mass is 596 g/mol. The molecule has 1 fully saturated rings. The fourth-order valence-corrected chi connectivity index (χ4v) is 9.57. The van der Waals surface area contributed by atoms with Gasteiger partial charge in [-0.15, -0.1) is 0 Å². The van der Waals surface area contributed by atoms with E-state index in [0.29, 0.717) is 26.2 Å². The highest BCUT2D eigenvalue weighted by Crippen LogP contribution is 2.38. The molecule has 0 saturated carbocycles. The maximum absolute atomic E-state index is 7.18. The summed E-state index contributed by atoms with van der Waals surface area (Å²) in [7, 11) is -0.543. The Bertz CT molecular complexity index is 1320. The largest absolute Gasteiger partial charge is 0.373 e. The van der Waals surface area contributed by atoms with Crippen molar-refractivity contribution in [2.24, 2.45) is 0 Å². The van der Waals surface area contributed by atoms with Gasteiger partial charge in [-0.05, 0) is 31.9 Å². The molecule has 0 aromatic heterocycles. The summed E-state index contributed by atoms with van der Waals surface area (Å²) in [6, 6.07) is 41.8. The van der Waals surface area contributed by atoms with Crippen LogP contribution in [0.4, 0.5) is 0 Å². The molecule has 1 aliphatic heterocycles. The lowest BCUT2D eigenvalue weighted by molar-refractivity contribution is -0.315. The van der Waals surface area contributed by atoms with Crippen molar-refractivity contribution in [1.29, 1.82) is 0 Å². The third kappa shape index (κ3) is 8.09. The van der Waals surface area contributed by atoms with E-state index in [9.17, 15) is 0 Å². The molecule has 4 aromatic carbocycles. The van der Waals surface area contributed by atoms with Crippen LogP contribution in [0.2, 0.25) is 0 Å². The van der Waals surface area contributed by atoms with Crippen molar-refractivity contribution in [1.82, 2.24) is 0 Å². The standard InChI is InChI=1S/C37H44O5Si/c1-36(2,3)41-28-31-25-34(39-26-29-17-9-5-10-18-29)35(40-27-30-19-11-6-12-20-30)37(38-4,42-31)43(32-21-13-7-14-22-32)33-23-15-8-16-24-33/h5-24,31,34-35,43H,25-28H2,1-4H3/t31-,34-,35+,37-/m0/s1. The molecule has 4 atom stereocenters. The van der Waals surface area contributed by atoms with E-state index in [2.05, 4.69) is 106 Å². The van der Waals surface area contributed by atoms with Crippen molar-refractivity contribution in [3.8, 4) is 0 Å². The number of ether oxygens (including phenoxy) is 5. The molecule has 1 heterocycles. The first-order chi connectivity index (χ1) is 20.9. The van der Waals surface area contributed by atoms with Gasteiger partial charge in [0.1, 0.15) is 6.10 Å². The second-order valence-corrected chi connectivity index (χ2v) is 15.1. The Hall–Kier alpha value is -3.10. The van der Waals surface area contributed by atoms with Gasteiger partial charge in [0.2, 0.25) is 0 Å². The summed E-state index contributed by atoms with van der Waals surface area (Å²) in [6.07, 6.45) is -0.421. The number of benzene rings is 4. The molecule has 0 radical (unpaired) electrons. The molecule has 4 aromatic rings. The number of hydrogen-bond acceptors (Lipinski definition) is 5. The van der Waals surface area contributed by atoms with Gasteiger partial charge in [0.15, 0.2) is 14.2 Å².